The number of phosphoric ester groups is 2. The van der Waals surface area contributed by atoms with Crippen LogP contribution in [-0.2, 0) is 36.7 Å². The lowest BCUT2D eigenvalue weighted by atomic mass is 10.1. The number of aromatic nitrogens is 8. The molecule has 2 unspecified atom stereocenters. The Kier molecular flexibility index (Phi) is 9.23. The Labute approximate surface area is 260 Å². The van der Waals surface area contributed by atoms with Gasteiger partial charge in [-0.15, -0.1) is 0 Å². The second-order valence-corrected chi connectivity index (χ2v) is 12.9. The minimum absolute atomic E-state index is 0. The summed E-state index contributed by atoms with van der Waals surface area (Å²) in [4.78, 5) is 55.5. The quantitative estimate of drug-likeness (QED) is 0.115. The fourth-order valence-electron chi connectivity index (χ4n) is 5.26. The first-order valence-electron chi connectivity index (χ1n) is 12.9. The molecule has 4 aromatic heterocycles. The number of phosphoric acid groups is 2. The van der Waals surface area contributed by atoms with Crippen LogP contribution in [-0.4, -0.2) is 104 Å². The third-order valence-corrected chi connectivity index (χ3v) is 9.25. The molecule has 4 aromatic rings. The van der Waals surface area contributed by atoms with E-state index in [1.54, 1.807) is 0 Å². The van der Waals surface area contributed by atoms with Gasteiger partial charge in [0.25, 0.3) is 5.56 Å². The highest BCUT2D eigenvalue weighted by molar-refractivity contribution is 7.47. The summed E-state index contributed by atoms with van der Waals surface area (Å²) in [5.41, 5.74) is 10.6. The van der Waals surface area contributed by atoms with Crippen molar-refractivity contribution < 1.29 is 56.0 Å². The van der Waals surface area contributed by atoms with Gasteiger partial charge in [-0.3, -0.25) is 37.0 Å². The zero-order valence-electron chi connectivity index (χ0n) is 23.8. The van der Waals surface area contributed by atoms with Crippen molar-refractivity contribution in [2.45, 2.75) is 49.1 Å². The minimum atomic E-state index is -5.15. The highest BCUT2D eigenvalue weighted by Gasteiger charge is 2.54. The highest BCUT2D eigenvalue weighted by atomic mass is 31.2. The average Bonchev–Trinajstić information content (AvgIpc) is 3.72. The Balaban J connectivity index is 0.00000217. The number of imidazole rings is 2. The van der Waals surface area contributed by atoms with E-state index >= 15 is 4.39 Å². The molecule has 0 saturated carbocycles. The Bertz CT molecular complexity index is 1950. The molecule has 3 fully saturated rings. The van der Waals surface area contributed by atoms with E-state index in [1.807, 2.05) is 0 Å². The molecule has 24 nitrogen and oxygen atoms in total. The fourth-order valence-corrected chi connectivity index (χ4v) is 7.15. The van der Waals surface area contributed by atoms with Crippen LogP contribution in [0.4, 0.5) is 16.2 Å². The molecule has 10 atom stereocenters. The number of aromatic amines is 1. The summed E-state index contributed by atoms with van der Waals surface area (Å²) >= 11 is 0. The molecule has 7 rings (SSSR count). The van der Waals surface area contributed by atoms with Gasteiger partial charge in [0.1, 0.15) is 42.4 Å². The normalized spacial score (nSPS) is 36.1. The van der Waals surface area contributed by atoms with Crippen LogP contribution >= 0.6 is 15.6 Å². The van der Waals surface area contributed by atoms with Crippen molar-refractivity contribution in [3.05, 3.63) is 29.3 Å². The van der Waals surface area contributed by atoms with Gasteiger partial charge in [-0.1, -0.05) is 0 Å². The second-order valence-electron chi connectivity index (χ2n) is 10.1. The van der Waals surface area contributed by atoms with Gasteiger partial charge in [0.15, 0.2) is 41.3 Å². The SMILES string of the molecule is N.N.Nc1nc2c(ncn2[C@@H]2O[C@@H]3COP(=O)(O)O[C@H]4[C@H](F)[C@H](n5cnc6c(N)ncnc65)O[C@@H]4COP(=O)(O)O[C@@H]2[C@@H]3O)c(=O)[nH]1. The first-order valence-corrected chi connectivity index (χ1v) is 15.9. The van der Waals surface area contributed by atoms with E-state index in [9.17, 15) is 28.8 Å². The number of nitrogens with zero attached hydrogens (tertiary/aromatic N) is 7. The van der Waals surface area contributed by atoms with Gasteiger partial charge in [0.05, 0.1) is 25.9 Å². The summed E-state index contributed by atoms with van der Waals surface area (Å²) in [6, 6.07) is 0. The molecule has 3 aliphatic rings. The molecule has 0 amide bonds. The third kappa shape index (κ3) is 6.13. The van der Waals surface area contributed by atoms with Crippen molar-refractivity contribution in [1.82, 2.24) is 51.3 Å². The van der Waals surface area contributed by atoms with Crippen LogP contribution < -0.4 is 29.3 Å². The van der Waals surface area contributed by atoms with Crippen LogP contribution in [0.5, 0.6) is 0 Å². The molecule has 47 heavy (non-hydrogen) atoms. The molecule has 3 saturated heterocycles. The molecule has 27 heteroatoms. The molecule has 0 radical (unpaired) electrons. The van der Waals surface area contributed by atoms with Crippen molar-refractivity contribution in [3.8, 4) is 0 Å². The van der Waals surface area contributed by atoms with Gasteiger partial charge >= 0.3 is 15.6 Å². The van der Waals surface area contributed by atoms with E-state index in [-0.39, 0.29) is 46.4 Å². The number of nitrogens with one attached hydrogen (secondary N) is 1. The number of anilines is 2. The van der Waals surface area contributed by atoms with Crippen LogP contribution in [0.2, 0.25) is 0 Å². The molecule has 2 bridgehead atoms. The zero-order chi connectivity index (χ0) is 31.8. The van der Waals surface area contributed by atoms with Crippen molar-refractivity contribution in [1.29, 1.82) is 0 Å². The number of nitrogens with two attached hydrogens (primary N) is 2. The summed E-state index contributed by atoms with van der Waals surface area (Å²) in [6.45, 7) is -1.77. The van der Waals surface area contributed by atoms with E-state index < -0.39 is 83.6 Å². The number of aliphatic hydroxyl groups excluding tert-OH is 1. The smallest absolute Gasteiger partial charge is 0.387 e. The predicted octanol–water partition coefficient (Wildman–Crippen LogP) is -1.04. The Morgan fingerprint density at radius 1 is 0.872 bits per heavy atom. The van der Waals surface area contributed by atoms with Gasteiger partial charge in [-0.2, -0.15) is 4.98 Å². The number of halogens is 1. The molecule has 14 N–H and O–H groups in total. The fraction of sp³-hybridized carbons (Fsp3) is 0.500. The second kappa shape index (κ2) is 12.5. The Morgan fingerprint density at radius 2 is 1.47 bits per heavy atom. The number of hydrogen-bond acceptors (Lipinski definition) is 19. The number of rotatable bonds is 2. The largest absolute Gasteiger partial charge is 0.472 e. The van der Waals surface area contributed by atoms with Crippen molar-refractivity contribution in [2.24, 2.45) is 0 Å². The van der Waals surface area contributed by atoms with E-state index in [0.717, 1.165) is 28.1 Å². The standard InChI is InChI=1S/C20H23FN10O12P2.2H3N/c21-8-12-7(41-18(8)30-4-26-9-14(22)24-3-25-15(9)30)2-39-45(36,37)43-13-11(32)6(1-38-44(34,35)42-12)40-19(13)31-5-27-10-16(31)28-20(23)29-17(10)33;;/h3-8,11-13,18-19,32H,1-2H2,(H,34,35)(H,36,37)(H2,22,24,25)(H3,23,28,29,33);2*1H3/t6-,7-,8+,11-,12-,13-,18-,19-;;/m1../s1. The maximum atomic E-state index is 15.9. The number of nitrogen functional groups attached to an aromatic ring is 2. The number of ether oxygens (including phenoxy) is 2. The molecular formula is C20H29FN12O12P2. The van der Waals surface area contributed by atoms with E-state index in [2.05, 4.69) is 29.9 Å². The molecule has 7 heterocycles. The summed E-state index contributed by atoms with van der Waals surface area (Å²) in [6.07, 6.45) is -10.5. The first kappa shape index (κ1) is 34.8. The zero-order valence-corrected chi connectivity index (χ0v) is 25.5. The van der Waals surface area contributed by atoms with Crippen LogP contribution in [0.3, 0.4) is 0 Å². The summed E-state index contributed by atoms with van der Waals surface area (Å²) < 4.78 is 76.3. The molecule has 3 aliphatic heterocycles. The molecule has 0 aliphatic carbocycles. The van der Waals surface area contributed by atoms with Crippen LogP contribution in [0.1, 0.15) is 12.5 Å². The summed E-state index contributed by atoms with van der Waals surface area (Å²) in [5, 5.41) is 11.0. The molecule has 0 aromatic carbocycles. The number of H-pyrrole nitrogens is 1. The lowest BCUT2D eigenvalue weighted by molar-refractivity contribution is -0.0670. The van der Waals surface area contributed by atoms with Crippen molar-refractivity contribution in [2.75, 3.05) is 24.7 Å². The van der Waals surface area contributed by atoms with E-state index in [1.165, 1.54) is 0 Å². The molecule has 0 spiro atoms. The number of hydrogen-bond donors (Lipinski definition) is 8. The van der Waals surface area contributed by atoms with Gasteiger partial charge in [-0.05, 0) is 0 Å². The number of alkyl halides is 1. The number of aliphatic hydroxyl groups is 1. The van der Waals surface area contributed by atoms with Gasteiger partial charge < -0.3 is 48.1 Å². The van der Waals surface area contributed by atoms with Crippen LogP contribution in [0.25, 0.3) is 22.3 Å². The third-order valence-electron chi connectivity index (χ3n) is 7.28. The monoisotopic (exact) mass is 710 g/mol. The van der Waals surface area contributed by atoms with Gasteiger partial charge in [0.2, 0.25) is 5.95 Å². The average molecular weight is 710 g/mol. The lowest BCUT2D eigenvalue weighted by Gasteiger charge is -2.25. The van der Waals surface area contributed by atoms with E-state index in [0.29, 0.717) is 0 Å². The van der Waals surface area contributed by atoms with Gasteiger partial charge in [-0.25, -0.2) is 33.5 Å². The lowest BCUT2D eigenvalue weighted by Crippen LogP contribution is -2.35. The molecule has 258 valence electrons. The van der Waals surface area contributed by atoms with Crippen LogP contribution in [0.15, 0.2) is 23.8 Å². The summed E-state index contributed by atoms with van der Waals surface area (Å²) in [7, 11) is -10.3. The van der Waals surface area contributed by atoms with Crippen LogP contribution in [0, 0.1) is 0 Å². The topological polar surface area (TPSA) is 379 Å². The van der Waals surface area contributed by atoms with Crippen molar-refractivity contribution >= 4 is 49.7 Å². The predicted molar refractivity (Wildman–Crippen MR) is 152 cm³/mol. The van der Waals surface area contributed by atoms with Crippen molar-refractivity contribution in [3.63, 3.8) is 0 Å². The maximum Gasteiger partial charge on any atom is 0.472 e. The van der Waals surface area contributed by atoms with E-state index in [4.69, 9.17) is 39.0 Å². The molecular weight excluding hydrogens is 681 g/mol. The Hall–Kier alpha value is -3.55. The first-order chi connectivity index (χ1) is 21.3. The summed E-state index contributed by atoms with van der Waals surface area (Å²) in [5.74, 6) is -0.301. The minimum Gasteiger partial charge on any atom is -0.387 e. The maximum absolute atomic E-state index is 15.9. The highest BCUT2D eigenvalue weighted by Crippen LogP contribution is 2.54. The Morgan fingerprint density at radius 3 is 2.17 bits per heavy atom. The van der Waals surface area contributed by atoms with Gasteiger partial charge in [0, 0.05) is 0 Å². The number of fused-ring (bicyclic) bond motifs is 5.